The van der Waals surface area contributed by atoms with Gasteiger partial charge in [-0.15, -0.1) is 0 Å². The third kappa shape index (κ3) is 16.1. The topological polar surface area (TPSA) is 0 Å². The molecule has 0 aromatic heterocycles. The van der Waals surface area contributed by atoms with Crippen molar-refractivity contribution in [3.05, 3.63) is 107 Å². The van der Waals surface area contributed by atoms with Crippen molar-refractivity contribution in [3.63, 3.8) is 0 Å². The van der Waals surface area contributed by atoms with Gasteiger partial charge in [0.25, 0.3) is 0 Å². The van der Waals surface area contributed by atoms with E-state index in [0.29, 0.717) is 0 Å². The molecule has 0 amide bonds. The van der Waals surface area contributed by atoms with Gasteiger partial charge in [0.05, 0.1) is 0 Å². The molecule has 6 fully saturated rings. The van der Waals surface area contributed by atoms with Crippen LogP contribution in [0.1, 0.15) is 263 Å². The van der Waals surface area contributed by atoms with E-state index in [0.717, 1.165) is 0 Å². The molecular weight excluding hydrogens is 815 g/mol. The maximum Gasteiger partial charge on any atom is 0 e. The SMILES string of the molecule is CCCCCCCC[C]1[C]2CCCCCCC[C]3[C](C)[C]4CCCCCCC[C]1[C]2CCCCCCC[C]34.C[C]1[C](C)[C](C)[C](C)[C]1C.C[C]1[C](C)[C](C)[C](C)[C]1C.[Co].[Co]. The molecule has 0 aromatic carbocycles. The molecule has 0 nitrogen and oxygen atoms in total. The summed E-state index contributed by atoms with van der Waals surface area (Å²) in [6, 6.07) is 0. The summed E-state index contributed by atoms with van der Waals surface area (Å²) in [6.07, 6.45) is 39.9. The Hall–Kier alpha value is 1.01. The summed E-state index contributed by atoms with van der Waals surface area (Å²) in [6.45, 7) is 26.8. The van der Waals surface area contributed by atoms with E-state index in [1.54, 1.807) is 17.8 Å². The van der Waals surface area contributed by atoms with E-state index >= 15 is 0 Å². The molecule has 0 saturated heterocycles. The van der Waals surface area contributed by atoms with Gasteiger partial charge in [-0.25, -0.2) is 0 Å². The molecule has 60 heavy (non-hydrogen) atoms. The van der Waals surface area contributed by atoms with Crippen LogP contribution in [0.15, 0.2) is 0 Å². The van der Waals surface area contributed by atoms with Gasteiger partial charge < -0.3 is 0 Å². The smallest absolute Gasteiger partial charge is 0 e. The van der Waals surface area contributed by atoms with E-state index in [4.69, 9.17) is 0 Å². The molecule has 342 valence electrons. The Morgan fingerprint density at radius 1 is 0.250 bits per heavy atom. The Labute approximate surface area is 400 Å². The van der Waals surface area contributed by atoms with Crippen molar-refractivity contribution < 1.29 is 33.6 Å². The number of unbranched alkanes of at least 4 members (excludes halogenated alkanes) is 5. The van der Waals surface area contributed by atoms with E-state index < -0.39 is 0 Å². The van der Waals surface area contributed by atoms with Crippen molar-refractivity contribution >= 4 is 0 Å². The second-order valence-electron chi connectivity index (χ2n) is 19.5. The van der Waals surface area contributed by atoms with Crippen LogP contribution in [0.2, 0.25) is 0 Å². The van der Waals surface area contributed by atoms with E-state index in [9.17, 15) is 0 Å². The molecule has 2 bridgehead atoms. The number of rotatable bonds is 7. The Morgan fingerprint density at radius 3 is 0.800 bits per heavy atom. The van der Waals surface area contributed by atoms with Gasteiger partial charge in [0.1, 0.15) is 0 Å². The molecule has 0 heterocycles. The molecule has 0 spiro atoms. The van der Waals surface area contributed by atoms with Crippen LogP contribution in [-0.4, -0.2) is 0 Å². The quantitative estimate of drug-likeness (QED) is 0.223. The van der Waals surface area contributed by atoms with Gasteiger partial charge in [-0.1, -0.05) is 218 Å². The molecule has 6 aliphatic rings. The molecule has 6 rings (SSSR count). The predicted molar refractivity (Wildman–Crippen MR) is 256 cm³/mol. The van der Waals surface area contributed by atoms with Crippen molar-refractivity contribution in [2.45, 2.75) is 263 Å². The minimum absolute atomic E-state index is 0. The van der Waals surface area contributed by atoms with Gasteiger partial charge in [0.2, 0.25) is 0 Å². The molecule has 0 N–H and O–H groups in total. The molecule has 2 heteroatoms. The van der Waals surface area contributed by atoms with Gasteiger partial charge in [-0.3, -0.25) is 0 Å². The van der Waals surface area contributed by atoms with E-state index in [1.165, 1.54) is 239 Å². The molecule has 0 atom stereocenters. The first-order valence-corrected chi connectivity index (χ1v) is 25.2. The average Bonchev–Trinajstić information content (AvgIpc) is 3.49. The maximum atomic E-state index is 2.46. The summed E-state index contributed by atoms with van der Waals surface area (Å²) in [5, 5.41) is 0. The number of fused-ring (bicyclic) bond motifs is 6. The fourth-order valence-corrected chi connectivity index (χ4v) is 10.9. The van der Waals surface area contributed by atoms with E-state index in [2.05, 4.69) is 83.1 Å². The van der Waals surface area contributed by atoms with Crippen molar-refractivity contribution in [1.29, 1.82) is 0 Å². The monoisotopic (exact) mass is 907 g/mol. The third-order valence-electron chi connectivity index (χ3n) is 16.1. The average molecular weight is 907 g/mol. The van der Waals surface area contributed by atoms with Crippen LogP contribution in [0, 0.1) is 107 Å². The summed E-state index contributed by atoms with van der Waals surface area (Å²) in [7, 11) is 0. The molecule has 0 unspecified atom stereocenters. The van der Waals surface area contributed by atoms with Gasteiger partial charge >= 0.3 is 0 Å². The van der Waals surface area contributed by atoms with Crippen LogP contribution in [0.4, 0.5) is 0 Å². The van der Waals surface area contributed by atoms with Crippen LogP contribution < -0.4 is 0 Å². The zero-order valence-corrected chi connectivity index (χ0v) is 43.5. The Morgan fingerprint density at radius 2 is 0.483 bits per heavy atom. The summed E-state index contributed by atoms with van der Waals surface area (Å²) < 4.78 is 0. The molecule has 6 saturated carbocycles. The first-order valence-electron chi connectivity index (χ1n) is 25.2. The Kier molecular flexibility index (Phi) is 28.9. The Bertz CT molecular complexity index is 896. The predicted octanol–water partition coefficient (Wildman–Crippen LogP) is 18.5. The first kappa shape index (κ1) is 57.1. The molecule has 0 aromatic rings. The molecule has 6 aliphatic carbocycles. The normalized spacial score (nSPS) is 26.6. The first-order chi connectivity index (χ1) is 27.9. The maximum absolute atomic E-state index is 2.46. The second kappa shape index (κ2) is 30.3. The van der Waals surface area contributed by atoms with Gasteiger partial charge in [-0.2, -0.15) is 0 Å². The van der Waals surface area contributed by atoms with Crippen molar-refractivity contribution in [3.8, 4) is 0 Å². The summed E-state index contributed by atoms with van der Waals surface area (Å²) in [5.74, 6) is 29.3. The fourth-order valence-electron chi connectivity index (χ4n) is 10.9. The van der Waals surface area contributed by atoms with Gasteiger partial charge in [0.15, 0.2) is 0 Å². The zero-order valence-electron chi connectivity index (χ0n) is 41.5. The minimum Gasteiger partial charge on any atom is -0.0654 e. The summed E-state index contributed by atoms with van der Waals surface area (Å²) >= 11 is 0. The largest absolute Gasteiger partial charge is 0.0654 e. The molecular formula is C58H92Co2. The van der Waals surface area contributed by atoms with Crippen molar-refractivity contribution in [2.24, 2.45) is 0 Å². The molecule has 20 radical (unpaired) electrons. The van der Waals surface area contributed by atoms with E-state index in [1.807, 2.05) is 29.6 Å². The van der Waals surface area contributed by atoms with Crippen LogP contribution in [0.5, 0.6) is 0 Å². The van der Waals surface area contributed by atoms with Gasteiger partial charge in [-0.05, 0) is 151 Å². The zero-order chi connectivity index (χ0) is 42.2. The minimum atomic E-state index is 0. The van der Waals surface area contributed by atoms with Crippen LogP contribution >= 0.6 is 0 Å². The fraction of sp³-hybridized carbons (Fsp3) is 0.690. The van der Waals surface area contributed by atoms with Crippen LogP contribution in [0.25, 0.3) is 0 Å². The van der Waals surface area contributed by atoms with Crippen LogP contribution in [0.3, 0.4) is 0 Å². The summed E-state index contributed by atoms with van der Waals surface area (Å²) in [4.78, 5) is 0. The van der Waals surface area contributed by atoms with Crippen molar-refractivity contribution in [1.82, 2.24) is 0 Å². The van der Waals surface area contributed by atoms with Crippen molar-refractivity contribution in [2.75, 3.05) is 0 Å². The van der Waals surface area contributed by atoms with E-state index in [-0.39, 0.29) is 33.6 Å². The standard InChI is InChI=1S/C38H62.2C10H15.2Co/c1-3-4-5-6-10-20-27-35-36-28-21-14-7-11-17-24-32-31(2)33-25-18-12-8-15-22-29-37(35)38(36)30-23-16-9-13-19-26-34(32)33;2*1-6-7(2)9(4)10(5)8(6)3;;/h3-30H2,1-2H3;2*1-5H3;;. The molecule has 0 aliphatic heterocycles. The number of hydrogen-bond donors (Lipinski definition) is 0. The number of hydrogen-bond acceptors (Lipinski definition) is 0. The second-order valence-corrected chi connectivity index (χ2v) is 19.5. The Balaban J connectivity index is 0.000000460. The van der Waals surface area contributed by atoms with Gasteiger partial charge in [0, 0.05) is 33.6 Å². The third-order valence-corrected chi connectivity index (χ3v) is 16.1. The van der Waals surface area contributed by atoms with Crippen LogP contribution in [-0.2, 0) is 33.6 Å². The summed E-state index contributed by atoms with van der Waals surface area (Å²) in [5.41, 5.74) is 0.